The molecule has 0 fully saturated rings. The predicted molar refractivity (Wildman–Crippen MR) is 64.3 cm³/mol. The normalized spacial score (nSPS) is 13.0. The number of ether oxygens (including phenoxy) is 1. The minimum Gasteiger partial charge on any atom is -0.381 e. The van der Waals surface area contributed by atoms with Crippen LogP contribution in [0.5, 0.6) is 0 Å². The quantitative estimate of drug-likeness (QED) is 0.726. The van der Waals surface area contributed by atoms with E-state index in [0.29, 0.717) is 0 Å². The van der Waals surface area contributed by atoms with Crippen LogP contribution in [0.1, 0.15) is 31.0 Å². The van der Waals surface area contributed by atoms with Gasteiger partial charge in [-0.15, -0.1) is 11.3 Å². The molecule has 0 saturated heterocycles. The van der Waals surface area contributed by atoms with Crippen molar-refractivity contribution in [2.24, 2.45) is 5.73 Å². The van der Waals surface area contributed by atoms with Crippen molar-refractivity contribution in [1.29, 1.82) is 0 Å². The molecule has 1 rings (SSSR count). The first kappa shape index (κ1) is 12.6. The van der Waals surface area contributed by atoms with E-state index in [1.807, 2.05) is 6.92 Å². The number of hydrogen-bond donors (Lipinski definition) is 1. The van der Waals surface area contributed by atoms with E-state index in [2.05, 4.69) is 17.3 Å². The summed E-state index contributed by atoms with van der Waals surface area (Å²) in [6.45, 7) is 5.66. The Hall–Kier alpha value is -0.450. The lowest BCUT2D eigenvalue weighted by atomic mass is 10.1. The summed E-state index contributed by atoms with van der Waals surface area (Å²) in [6.07, 6.45) is 2.81. The van der Waals surface area contributed by atoms with Crippen LogP contribution in [0.15, 0.2) is 5.38 Å². The molecule has 0 aliphatic rings. The van der Waals surface area contributed by atoms with Crippen LogP contribution in [-0.4, -0.2) is 24.2 Å². The van der Waals surface area contributed by atoms with Gasteiger partial charge >= 0.3 is 0 Å². The lowest BCUT2D eigenvalue weighted by Crippen LogP contribution is -2.21. The zero-order chi connectivity index (χ0) is 11.1. The van der Waals surface area contributed by atoms with Gasteiger partial charge in [0, 0.05) is 30.9 Å². The van der Waals surface area contributed by atoms with Gasteiger partial charge in [0.25, 0.3) is 0 Å². The Kier molecular flexibility index (Phi) is 5.83. The third kappa shape index (κ3) is 4.73. The topological polar surface area (TPSA) is 48.1 Å². The number of thiazole rings is 1. The standard InChI is InChI=1S/C11H20N2OS/c1-3-9(12)7-10-8-15-11(13-10)5-6-14-4-2/h8-9H,3-7,12H2,1-2H3. The molecule has 1 aromatic heterocycles. The monoisotopic (exact) mass is 228 g/mol. The summed E-state index contributed by atoms with van der Waals surface area (Å²) in [7, 11) is 0. The second-order valence-electron chi connectivity index (χ2n) is 3.55. The first-order valence-electron chi connectivity index (χ1n) is 5.52. The van der Waals surface area contributed by atoms with Gasteiger partial charge in [-0.25, -0.2) is 4.98 Å². The maximum absolute atomic E-state index is 5.88. The predicted octanol–water partition coefficient (Wildman–Crippen LogP) is 2.00. The van der Waals surface area contributed by atoms with Crippen LogP contribution in [0.25, 0.3) is 0 Å². The Morgan fingerprint density at radius 2 is 2.33 bits per heavy atom. The Morgan fingerprint density at radius 3 is 3.00 bits per heavy atom. The summed E-state index contributed by atoms with van der Waals surface area (Å²) in [6, 6.07) is 0.242. The number of aromatic nitrogens is 1. The molecule has 15 heavy (non-hydrogen) atoms. The number of hydrogen-bond acceptors (Lipinski definition) is 4. The van der Waals surface area contributed by atoms with Crippen molar-refractivity contribution in [3.05, 3.63) is 16.1 Å². The number of nitrogens with zero attached hydrogens (tertiary/aromatic N) is 1. The van der Waals surface area contributed by atoms with E-state index in [1.165, 1.54) is 0 Å². The van der Waals surface area contributed by atoms with Gasteiger partial charge in [-0.05, 0) is 13.3 Å². The van der Waals surface area contributed by atoms with Gasteiger partial charge in [-0.1, -0.05) is 6.92 Å². The molecule has 86 valence electrons. The highest BCUT2D eigenvalue weighted by Gasteiger charge is 2.05. The van der Waals surface area contributed by atoms with Gasteiger partial charge in [0.15, 0.2) is 0 Å². The van der Waals surface area contributed by atoms with Gasteiger partial charge in [0.05, 0.1) is 17.3 Å². The minimum atomic E-state index is 0.242. The third-order valence-corrected chi connectivity index (χ3v) is 3.22. The summed E-state index contributed by atoms with van der Waals surface area (Å²) in [5.74, 6) is 0. The fourth-order valence-corrected chi connectivity index (χ4v) is 2.07. The lowest BCUT2D eigenvalue weighted by molar-refractivity contribution is 0.151. The molecule has 0 bridgehead atoms. The molecule has 0 aliphatic carbocycles. The van der Waals surface area contributed by atoms with Gasteiger partial charge < -0.3 is 10.5 Å². The van der Waals surface area contributed by atoms with Crippen molar-refractivity contribution < 1.29 is 4.74 Å². The second kappa shape index (κ2) is 6.93. The van der Waals surface area contributed by atoms with E-state index in [9.17, 15) is 0 Å². The molecule has 1 unspecified atom stereocenters. The smallest absolute Gasteiger partial charge is 0.0951 e. The SMILES string of the molecule is CCOCCc1nc(CC(N)CC)cs1. The van der Waals surface area contributed by atoms with Crippen molar-refractivity contribution in [2.75, 3.05) is 13.2 Å². The van der Waals surface area contributed by atoms with Crippen molar-refractivity contribution in [1.82, 2.24) is 4.98 Å². The zero-order valence-electron chi connectivity index (χ0n) is 9.53. The first-order chi connectivity index (χ1) is 7.26. The molecule has 0 spiro atoms. The van der Waals surface area contributed by atoms with Gasteiger partial charge in [0.2, 0.25) is 0 Å². The maximum atomic E-state index is 5.88. The molecular formula is C11H20N2OS. The molecular weight excluding hydrogens is 208 g/mol. The molecule has 3 nitrogen and oxygen atoms in total. The summed E-state index contributed by atoms with van der Waals surface area (Å²) >= 11 is 1.71. The molecule has 4 heteroatoms. The molecule has 1 heterocycles. The van der Waals surface area contributed by atoms with E-state index in [-0.39, 0.29) is 6.04 Å². The Balaban J connectivity index is 2.35. The van der Waals surface area contributed by atoms with Crippen LogP contribution >= 0.6 is 11.3 Å². The van der Waals surface area contributed by atoms with E-state index >= 15 is 0 Å². The summed E-state index contributed by atoms with van der Waals surface area (Å²) < 4.78 is 5.29. The van der Waals surface area contributed by atoms with Crippen LogP contribution in [0.2, 0.25) is 0 Å². The van der Waals surface area contributed by atoms with Crippen molar-refractivity contribution in [3.8, 4) is 0 Å². The van der Waals surface area contributed by atoms with E-state index in [0.717, 1.165) is 43.2 Å². The second-order valence-corrected chi connectivity index (χ2v) is 4.49. The highest BCUT2D eigenvalue weighted by Crippen LogP contribution is 2.12. The molecule has 0 aromatic carbocycles. The molecule has 1 aromatic rings. The Labute approximate surface area is 95.7 Å². The van der Waals surface area contributed by atoms with Crippen molar-refractivity contribution in [2.45, 2.75) is 39.2 Å². The summed E-state index contributed by atoms with van der Waals surface area (Å²) in [5.41, 5.74) is 7.00. The number of nitrogens with two attached hydrogens (primary N) is 1. The fourth-order valence-electron chi connectivity index (χ4n) is 1.27. The van der Waals surface area contributed by atoms with Gasteiger partial charge in [0.1, 0.15) is 0 Å². The highest BCUT2D eigenvalue weighted by molar-refractivity contribution is 7.09. The molecule has 2 N–H and O–H groups in total. The largest absolute Gasteiger partial charge is 0.381 e. The lowest BCUT2D eigenvalue weighted by Gasteiger charge is -2.04. The molecule has 0 radical (unpaired) electrons. The van der Waals surface area contributed by atoms with Gasteiger partial charge in [-0.3, -0.25) is 0 Å². The molecule has 0 saturated carbocycles. The molecule has 1 atom stereocenters. The van der Waals surface area contributed by atoms with Crippen molar-refractivity contribution >= 4 is 11.3 Å². The highest BCUT2D eigenvalue weighted by atomic mass is 32.1. The third-order valence-electron chi connectivity index (χ3n) is 2.26. The van der Waals surface area contributed by atoms with Crippen LogP contribution in [0, 0.1) is 0 Å². The Morgan fingerprint density at radius 1 is 1.53 bits per heavy atom. The van der Waals surface area contributed by atoms with Crippen LogP contribution in [0.4, 0.5) is 0 Å². The maximum Gasteiger partial charge on any atom is 0.0951 e. The van der Waals surface area contributed by atoms with Crippen LogP contribution < -0.4 is 5.73 Å². The summed E-state index contributed by atoms with van der Waals surface area (Å²) in [5, 5.41) is 3.26. The minimum absolute atomic E-state index is 0.242. The molecule has 0 amide bonds. The average Bonchev–Trinajstić information content (AvgIpc) is 2.66. The zero-order valence-corrected chi connectivity index (χ0v) is 10.3. The van der Waals surface area contributed by atoms with Crippen molar-refractivity contribution in [3.63, 3.8) is 0 Å². The van der Waals surface area contributed by atoms with Crippen LogP contribution in [-0.2, 0) is 17.6 Å². The Bertz CT molecular complexity index is 275. The molecule has 0 aliphatic heterocycles. The van der Waals surface area contributed by atoms with Crippen LogP contribution in [0.3, 0.4) is 0 Å². The average molecular weight is 228 g/mol. The summed E-state index contributed by atoms with van der Waals surface area (Å²) in [4.78, 5) is 4.53. The van der Waals surface area contributed by atoms with E-state index in [4.69, 9.17) is 10.5 Å². The number of rotatable bonds is 7. The first-order valence-corrected chi connectivity index (χ1v) is 6.40. The van der Waals surface area contributed by atoms with Gasteiger partial charge in [-0.2, -0.15) is 0 Å². The van der Waals surface area contributed by atoms with E-state index in [1.54, 1.807) is 11.3 Å². The van der Waals surface area contributed by atoms with E-state index < -0.39 is 0 Å². The fraction of sp³-hybridized carbons (Fsp3) is 0.727.